The van der Waals surface area contributed by atoms with E-state index in [4.69, 9.17) is 14.2 Å². The van der Waals surface area contributed by atoms with Gasteiger partial charge in [0.2, 0.25) is 0 Å². The lowest BCUT2D eigenvalue weighted by Gasteiger charge is -2.24. The molecular weight excluding hydrogens is 639 g/mol. The Balaban J connectivity index is 1.83. The number of aryl methyl sites for hydroxylation is 2. The highest BCUT2D eigenvalue weighted by Crippen LogP contribution is 2.31. The van der Waals surface area contributed by atoms with E-state index in [2.05, 4.69) is 15.4 Å². The van der Waals surface area contributed by atoms with Crippen molar-refractivity contribution in [3.63, 3.8) is 0 Å². The zero-order valence-corrected chi connectivity index (χ0v) is 27.5. The second kappa shape index (κ2) is 19.9. The Morgan fingerprint density at radius 1 is 0.750 bits per heavy atom. The van der Waals surface area contributed by atoms with Crippen LogP contribution in [0, 0.1) is 0 Å². The molecule has 2 amide bonds. The van der Waals surface area contributed by atoms with Gasteiger partial charge in [-0.25, -0.2) is 14.4 Å². The summed E-state index contributed by atoms with van der Waals surface area (Å²) in [5, 5.41) is 5.81. The summed E-state index contributed by atoms with van der Waals surface area (Å²) in [4.78, 5) is 59.7. The molecule has 0 saturated heterocycles. The molecule has 12 nitrogen and oxygen atoms in total. The Labute approximate surface area is 277 Å². The van der Waals surface area contributed by atoms with Crippen LogP contribution in [-0.2, 0) is 32.0 Å². The Hall–Kier alpha value is -4.66. The summed E-state index contributed by atoms with van der Waals surface area (Å²) >= 11 is 0. The van der Waals surface area contributed by atoms with E-state index in [0.29, 0.717) is 63.1 Å². The Morgan fingerprint density at radius 3 is 1.90 bits per heavy atom. The lowest BCUT2D eigenvalue weighted by Crippen LogP contribution is -2.38. The topological polar surface area (TPSA) is 150 Å². The summed E-state index contributed by atoms with van der Waals surface area (Å²) < 4.78 is 58.4. The average molecular weight is 682 g/mol. The smallest absolute Gasteiger partial charge is 0.491 e. The van der Waals surface area contributed by atoms with Crippen molar-refractivity contribution in [2.24, 2.45) is 0 Å². The van der Waals surface area contributed by atoms with Gasteiger partial charge in [0.15, 0.2) is 11.5 Å². The quantitative estimate of drug-likeness (QED) is 0.113. The molecule has 0 atom stereocenters. The maximum absolute atomic E-state index is 12.8. The van der Waals surface area contributed by atoms with Gasteiger partial charge < -0.3 is 39.2 Å². The monoisotopic (exact) mass is 681 g/mol. The van der Waals surface area contributed by atoms with E-state index in [1.165, 1.54) is 34.1 Å². The number of methoxy groups -OCH3 is 2. The molecule has 0 aromatic heterocycles. The van der Waals surface area contributed by atoms with Crippen molar-refractivity contribution in [1.29, 1.82) is 0 Å². The number of amides is 2. The van der Waals surface area contributed by atoms with E-state index in [1.54, 1.807) is 30.3 Å². The van der Waals surface area contributed by atoms with Crippen LogP contribution in [0.5, 0.6) is 17.2 Å². The predicted molar refractivity (Wildman–Crippen MR) is 170 cm³/mol. The van der Waals surface area contributed by atoms with Gasteiger partial charge in [0.05, 0.1) is 19.9 Å². The van der Waals surface area contributed by atoms with Gasteiger partial charge in [-0.2, -0.15) is 13.2 Å². The molecule has 0 spiro atoms. The summed E-state index contributed by atoms with van der Waals surface area (Å²) in [6.07, 6.45) is -4.35. The molecule has 2 aromatic carbocycles. The number of alkyl halides is 3. The summed E-state index contributed by atoms with van der Waals surface area (Å²) in [5.74, 6) is -1.82. The minimum absolute atomic E-state index is 0.0258. The number of carbonyl (C=O) groups is 5. The zero-order chi connectivity index (χ0) is 35.7. The number of nitrogens with zero attached hydrogens (tertiary/aromatic N) is 1. The molecule has 0 fully saturated rings. The Morgan fingerprint density at radius 2 is 1.31 bits per heavy atom. The molecule has 0 bridgehead atoms. The number of unbranched alkanes of at least 4 members (excludes halogenated alkanes) is 1. The summed E-state index contributed by atoms with van der Waals surface area (Å²) in [7, 11) is 2.77. The second-order valence-electron chi connectivity index (χ2n) is 10.8. The number of halogens is 3. The third-order valence-electron chi connectivity index (χ3n) is 6.91. The number of hydrogen-bond acceptors (Lipinski definition) is 10. The van der Waals surface area contributed by atoms with Crippen molar-refractivity contribution in [3.8, 4) is 17.2 Å². The summed E-state index contributed by atoms with van der Waals surface area (Å²) in [6.45, 7) is 4.10. The fourth-order valence-corrected chi connectivity index (χ4v) is 4.38. The van der Waals surface area contributed by atoms with E-state index in [0.717, 1.165) is 10.5 Å². The number of rotatable bonds is 19. The minimum atomic E-state index is -5.36. The van der Waals surface area contributed by atoms with E-state index >= 15 is 0 Å². The molecule has 0 unspecified atom stereocenters. The van der Waals surface area contributed by atoms with Gasteiger partial charge in [-0.1, -0.05) is 12.1 Å². The van der Waals surface area contributed by atoms with Crippen LogP contribution in [0.3, 0.4) is 0 Å². The maximum atomic E-state index is 12.8. The summed E-state index contributed by atoms with van der Waals surface area (Å²) in [5.41, 5.74) is 1.69. The van der Waals surface area contributed by atoms with Gasteiger partial charge in [0.25, 0.3) is 0 Å². The molecule has 48 heavy (non-hydrogen) atoms. The van der Waals surface area contributed by atoms with Crippen LogP contribution in [0.25, 0.3) is 0 Å². The van der Waals surface area contributed by atoms with Crippen molar-refractivity contribution in [2.75, 3.05) is 45.3 Å². The third kappa shape index (κ3) is 14.0. The molecule has 15 heteroatoms. The number of Topliss-reactive ketones (excluding diaryl/α,β-unsaturated/α-hetero) is 2. The van der Waals surface area contributed by atoms with Crippen LogP contribution in [-0.4, -0.2) is 76.3 Å². The van der Waals surface area contributed by atoms with E-state index in [1.807, 2.05) is 0 Å². The number of anilines is 1. The van der Waals surface area contributed by atoms with Gasteiger partial charge in [0, 0.05) is 25.9 Å². The van der Waals surface area contributed by atoms with Gasteiger partial charge in [-0.15, -0.1) is 0 Å². The highest BCUT2D eigenvalue weighted by atomic mass is 19.4. The lowest BCUT2D eigenvalue weighted by atomic mass is 10.1. The van der Waals surface area contributed by atoms with Crippen molar-refractivity contribution < 1.29 is 56.1 Å². The van der Waals surface area contributed by atoms with E-state index in [9.17, 15) is 37.1 Å². The molecule has 0 aliphatic heterocycles. The number of ether oxygens (including phenoxy) is 4. The van der Waals surface area contributed by atoms with E-state index in [-0.39, 0.29) is 48.1 Å². The number of esters is 1. The maximum Gasteiger partial charge on any atom is 0.491 e. The van der Waals surface area contributed by atoms with Crippen molar-refractivity contribution in [2.45, 2.75) is 65.0 Å². The molecule has 0 saturated carbocycles. The average Bonchev–Trinajstić information content (AvgIpc) is 3.03. The normalized spacial score (nSPS) is 11.0. The third-order valence-corrected chi connectivity index (χ3v) is 6.91. The van der Waals surface area contributed by atoms with Crippen molar-refractivity contribution in [3.05, 3.63) is 47.5 Å². The van der Waals surface area contributed by atoms with Gasteiger partial charge in [-0.05, 0) is 94.4 Å². The first-order valence-corrected chi connectivity index (χ1v) is 15.3. The van der Waals surface area contributed by atoms with Crippen molar-refractivity contribution >= 4 is 35.4 Å². The molecule has 2 N–H and O–H groups in total. The number of ketones is 2. The highest BCUT2D eigenvalue weighted by molar-refractivity contribution is 5.97. The fraction of sp³-hybridized carbons (Fsp3) is 0.485. The molecule has 0 aliphatic carbocycles. The van der Waals surface area contributed by atoms with Crippen LogP contribution in [0.2, 0.25) is 0 Å². The van der Waals surface area contributed by atoms with Crippen LogP contribution >= 0.6 is 0 Å². The molecule has 0 heterocycles. The number of hydrogen-bond donors (Lipinski definition) is 2. The van der Waals surface area contributed by atoms with Crippen LogP contribution < -0.4 is 29.7 Å². The van der Waals surface area contributed by atoms with Crippen molar-refractivity contribution in [1.82, 2.24) is 10.6 Å². The zero-order valence-electron chi connectivity index (χ0n) is 27.5. The molecule has 2 rings (SSSR count). The first-order valence-electron chi connectivity index (χ1n) is 15.3. The largest absolute Gasteiger partial charge is 0.495 e. The fourth-order valence-electron chi connectivity index (χ4n) is 4.38. The Kier molecular flexibility index (Phi) is 16.4. The lowest BCUT2D eigenvalue weighted by molar-refractivity contribution is -0.192. The Bertz CT molecular complexity index is 1420. The SMILES string of the molecule is COc1cc(CCC(C)=O)ccc1OC(=O)NCCCCNCCCN(C(=O)OC(=O)C(F)(F)F)c1ccc(CCC(C)=O)cc1OC. The molecule has 2 aromatic rings. The van der Waals surface area contributed by atoms with E-state index < -0.39 is 24.3 Å². The first-order chi connectivity index (χ1) is 22.7. The predicted octanol–water partition coefficient (Wildman–Crippen LogP) is 5.33. The first kappa shape index (κ1) is 39.5. The number of carbonyl (C=O) groups excluding carboxylic acids is 5. The minimum Gasteiger partial charge on any atom is -0.495 e. The van der Waals surface area contributed by atoms with Gasteiger partial charge in [0.1, 0.15) is 17.3 Å². The standard InChI is InChI=1S/C33H42F3N3O9/c1-22(40)8-10-24-12-14-26(28(20-24)45-3)39(32(44)48-30(42)33(34,35)36)19-7-17-37-16-5-6-18-38-31(43)47-27-15-13-25(11-9-23(2)41)21-29(27)46-4/h12-15,20-21,37H,5-11,16-19H2,1-4H3,(H,38,43). The molecule has 0 aliphatic rings. The molecule has 0 radical (unpaired) electrons. The molecular formula is C33H42F3N3O9. The van der Waals surface area contributed by atoms with Crippen LogP contribution in [0.1, 0.15) is 57.1 Å². The second-order valence-corrected chi connectivity index (χ2v) is 10.8. The van der Waals surface area contributed by atoms with Crippen LogP contribution in [0.15, 0.2) is 36.4 Å². The number of benzene rings is 2. The number of nitrogens with one attached hydrogen (secondary N) is 2. The highest BCUT2D eigenvalue weighted by Gasteiger charge is 2.43. The van der Waals surface area contributed by atoms with Gasteiger partial charge in [-0.3, -0.25) is 4.90 Å². The summed E-state index contributed by atoms with van der Waals surface area (Å²) in [6, 6.07) is 9.72. The van der Waals surface area contributed by atoms with Gasteiger partial charge >= 0.3 is 24.3 Å². The van der Waals surface area contributed by atoms with Crippen LogP contribution in [0.4, 0.5) is 28.4 Å². The molecule has 264 valence electrons.